The number of esters is 1. The number of primary amides is 1. The minimum atomic E-state index is -1.61. The maximum absolute atomic E-state index is 13.8. The van der Waals surface area contributed by atoms with E-state index in [9.17, 15) is 48.6 Å². The normalized spacial score (nSPS) is 15.0. The molecular formula is C42H62N8O11. The highest BCUT2D eigenvalue weighted by Crippen LogP contribution is 2.12. The van der Waals surface area contributed by atoms with E-state index in [1.165, 1.54) is 7.11 Å². The fraction of sp³-hybridized carbons (Fsp3) is 0.524. The topological polar surface area (TPSA) is 296 Å². The third kappa shape index (κ3) is 18.5. The zero-order chi connectivity index (χ0) is 45.6. The Kier molecular flexibility index (Phi) is 22.1. The van der Waals surface area contributed by atoms with Crippen molar-refractivity contribution in [2.75, 3.05) is 20.3 Å². The Labute approximate surface area is 356 Å². The fourth-order valence-electron chi connectivity index (χ4n) is 6.20. The molecule has 8 atom stereocenters. The van der Waals surface area contributed by atoms with Crippen LogP contribution >= 0.6 is 0 Å². The number of ether oxygens (including phenoxy) is 1. The van der Waals surface area contributed by atoms with E-state index in [2.05, 4.69) is 37.2 Å². The summed E-state index contributed by atoms with van der Waals surface area (Å²) in [7, 11) is 1.21. The number of nitrogens with one attached hydrogen (secondary N) is 7. The molecule has 11 N–H and O–H groups in total. The minimum Gasteiger partial charge on any atom is -0.467 e. The van der Waals surface area contributed by atoms with Crippen LogP contribution < -0.4 is 43.0 Å². The summed E-state index contributed by atoms with van der Waals surface area (Å²) in [6, 6.07) is 10.0. The highest BCUT2D eigenvalue weighted by molar-refractivity contribution is 5.97. The van der Waals surface area contributed by atoms with Crippen molar-refractivity contribution in [1.29, 1.82) is 0 Å². The first-order valence-corrected chi connectivity index (χ1v) is 20.1. The molecule has 2 rings (SSSR count). The average molecular weight is 855 g/mol. The average Bonchev–Trinajstić information content (AvgIpc) is 3.22. The van der Waals surface area contributed by atoms with E-state index in [1.54, 1.807) is 75.4 Å². The van der Waals surface area contributed by atoms with E-state index in [0.717, 1.165) is 12.5 Å². The van der Waals surface area contributed by atoms with Crippen molar-refractivity contribution in [3.8, 4) is 0 Å². The van der Waals surface area contributed by atoms with Gasteiger partial charge in [0.25, 0.3) is 0 Å². The third-order valence-corrected chi connectivity index (χ3v) is 9.59. The van der Waals surface area contributed by atoms with Gasteiger partial charge in [0.1, 0.15) is 36.4 Å². The highest BCUT2D eigenvalue weighted by atomic mass is 16.5. The zero-order valence-corrected chi connectivity index (χ0v) is 35.6. The molecule has 0 aromatic heterocycles. The lowest BCUT2D eigenvalue weighted by Gasteiger charge is -2.29. The zero-order valence-electron chi connectivity index (χ0n) is 35.6. The van der Waals surface area contributed by atoms with Crippen molar-refractivity contribution in [3.63, 3.8) is 0 Å². The predicted molar refractivity (Wildman–Crippen MR) is 223 cm³/mol. The van der Waals surface area contributed by atoms with E-state index < -0.39 is 109 Å². The van der Waals surface area contributed by atoms with Crippen LogP contribution in [0.25, 0.3) is 0 Å². The Morgan fingerprint density at radius 2 is 1.16 bits per heavy atom. The highest BCUT2D eigenvalue weighted by Gasteiger charge is 2.34. The van der Waals surface area contributed by atoms with Crippen molar-refractivity contribution < 1.29 is 53.3 Å². The van der Waals surface area contributed by atoms with E-state index >= 15 is 0 Å². The van der Waals surface area contributed by atoms with Crippen molar-refractivity contribution in [2.45, 2.75) is 109 Å². The van der Waals surface area contributed by atoms with Gasteiger partial charge in [0.15, 0.2) is 0 Å². The molecule has 19 nitrogen and oxygen atoms in total. The maximum atomic E-state index is 13.8. The quantitative estimate of drug-likeness (QED) is 0.0380. The fourth-order valence-corrected chi connectivity index (χ4v) is 6.20. The summed E-state index contributed by atoms with van der Waals surface area (Å²) in [4.78, 5) is 104. The van der Waals surface area contributed by atoms with Gasteiger partial charge < -0.3 is 52.6 Å². The number of methoxy groups -OCH3 is 1. The van der Waals surface area contributed by atoms with Gasteiger partial charge in [0.05, 0.1) is 32.7 Å². The van der Waals surface area contributed by atoms with Crippen molar-refractivity contribution in [1.82, 2.24) is 37.2 Å². The molecule has 0 heterocycles. The van der Waals surface area contributed by atoms with Crippen LogP contribution in [0.3, 0.4) is 0 Å². The molecule has 0 spiro atoms. The number of nitrogens with two attached hydrogens (primary N) is 1. The Hall–Kier alpha value is -5.92. The Morgan fingerprint density at radius 3 is 1.66 bits per heavy atom. The molecule has 0 fully saturated rings. The van der Waals surface area contributed by atoms with Gasteiger partial charge in [0.2, 0.25) is 41.4 Å². The van der Waals surface area contributed by atoms with Gasteiger partial charge in [-0.3, -0.25) is 38.9 Å². The SMILES string of the molecule is CC[C@H](C)[C@H](NC(O)CNC(=O)[C@H](Cc1ccccc1)NC(=O)[C@H](CC(N)=O)NC(=O)[C@H](CC(C)C)NC(=O)[C@H](CO)NC(C)=O)C(=O)N[C@@H](Cc1ccccc1)C(=O)OC. The van der Waals surface area contributed by atoms with Crippen LogP contribution in [0.2, 0.25) is 0 Å². The lowest BCUT2D eigenvalue weighted by atomic mass is 9.97. The molecule has 7 amide bonds. The summed E-state index contributed by atoms with van der Waals surface area (Å²) in [6.45, 7) is 7.11. The van der Waals surface area contributed by atoms with Crippen LogP contribution in [-0.4, -0.2) is 120 Å². The second-order valence-corrected chi connectivity index (χ2v) is 15.2. The van der Waals surface area contributed by atoms with Crippen LogP contribution in [0.4, 0.5) is 0 Å². The molecule has 0 radical (unpaired) electrons. The summed E-state index contributed by atoms with van der Waals surface area (Å²) >= 11 is 0. The van der Waals surface area contributed by atoms with E-state index in [4.69, 9.17) is 10.5 Å². The van der Waals surface area contributed by atoms with Gasteiger partial charge in [0, 0.05) is 19.8 Å². The molecule has 0 saturated heterocycles. The predicted octanol–water partition coefficient (Wildman–Crippen LogP) is -1.56. The van der Waals surface area contributed by atoms with Crippen molar-refractivity contribution >= 4 is 47.3 Å². The van der Waals surface area contributed by atoms with Gasteiger partial charge in [-0.25, -0.2) is 4.79 Å². The molecule has 2 aromatic carbocycles. The second kappa shape index (κ2) is 26.3. The molecule has 1 unspecified atom stereocenters. The number of carbonyl (C=O) groups is 8. The molecule has 61 heavy (non-hydrogen) atoms. The van der Waals surface area contributed by atoms with Crippen LogP contribution in [0.1, 0.15) is 65.0 Å². The van der Waals surface area contributed by atoms with Gasteiger partial charge in [-0.2, -0.15) is 0 Å². The summed E-state index contributed by atoms with van der Waals surface area (Å²) in [5.74, 6) is -6.78. The van der Waals surface area contributed by atoms with Gasteiger partial charge >= 0.3 is 5.97 Å². The minimum absolute atomic E-state index is 0.0644. The first kappa shape index (κ1) is 51.2. The second-order valence-electron chi connectivity index (χ2n) is 15.2. The molecule has 19 heteroatoms. The van der Waals surface area contributed by atoms with Gasteiger partial charge in [-0.1, -0.05) is 94.8 Å². The summed E-state index contributed by atoms with van der Waals surface area (Å²) < 4.78 is 4.92. The van der Waals surface area contributed by atoms with Crippen LogP contribution in [0.5, 0.6) is 0 Å². The standard InChI is InChI=1S/C42H62N8O11/c1-7-25(4)36(41(59)49-32(42(60)61-6)20-28-16-12-9-13-17-28)50-35(54)22-44-37(55)30(19-27-14-10-8-11-15-27)47-39(57)31(21-34(43)53)48-38(56)29(18-24(2)3)46-40(58)33(23-51)45-26(5)52/h8-17,24-25,29-33,35-36,50-51,54H,7,18-23H2,1-6H3,(H2,43,53)(H,44,55)(H,45,52)(H,46,58)(H,47,57)(H,48,56)(H,49,59)/t25-,29-,30-,31-,32-,33-,35?,36-/m0/s1. The number of amides is 7. The molecule has 0 aliphatic heterocycles. The maximum Gasteiger partial charge on any atom is 0.328 e. The number of rotatable bonds is 26. The third-order valence-electron chi connectivity index (χ3n) is 9.59. The summed E-state index contributed by atoms with van der Waals surface area (Å²) in [6.07, 6.45) is -1.51. The molecule has 336 valence electrons. The molecule has 0 aliphatic carbocycles. The number of benzene rings is 2. The Bertz CT molecular complexity index is 1770. The first-order valence-electron chi connectivity index (χ1n) is 20.1. The number of carbonyl (C=O) groups excluding carboxylic acids is 8. The van der Waals surface area contributed by atoms with Crippen LogP contribution in [0.15, 0.2) is 60.7 Å². The van der Waals surface area contributed by atoms with E-state index in [-0.39, 0.29) is 31.1 Å². The smallest absolute Gasteiger partial charge is 0.328 e. The molecular weight excluding hydrogens is 793 g/mol. The van der Waals surface area contributed by atoms with Crippen LogP contribution in [-0.2, 0) is 55.9 Å². The van der Waals surface area contributed by atoms with E-state index in [0.29, 0.717) is 12.0 Å². The lowest BCUT2D eigenvalue weighted by Crippen LogP contribution is -2.60. The van der Waals surface area contributed by atoms with E-state index in [1.807, 2.05) is 13.0 Å². The lowest BCUT2D eigenvalue weighted by molar-refractivity contribution is -0.145. The molecule has 2 aromatic rings. The first-order chi connectivity index (χ1) is 28.9. The van der Waals surface area contributed by atoms with Crippen molar-refractivity contribution in [3.05, 3.63) is 71.8 Å². The monoisotopic (exact) mass is 854 g/mol. The Balaban J connectivity index is 2.26. The van der Waals surface area contributed by atoms with Gasteiger partial charge in [-0.15, -0.1) is 0 Å². The Morgan fingerprint density at radius 1 is 0.672 bits per heavy atom. The largest absolute Gasteiger partial charge is 0.467 e. The molecule has 0 aliphatic rings. The summed E-state index contributed by atoms with van der Waals surface area (Å²) in [5, 5.41) is 38.5. The van der Waals surface area contributed by atoms with Crippen molar-refractivity contribution in [2.24, 2.45) is 17.6 Å². The summed E-state index contributed by atoms with van der Waals surface area (Å²) in [5.41, 5.74) is 6.85. The number of hydrogen-bond donors (Lipinski definition) is 10. The van der Waals surface area contributed by atoms with Crippen LogP contribution in [0, 0.1) is 11.8 Å². The molecule has 0 bridgehead atoms. The number of aliphatic hydroxyl groups is 2. The van der Waals surface area contributed by atoms with Gasteiger partial charge in [-0.05, 0) is 29.4 Å². The molecule has 0 saturated carbocycles. The number of hydrogen-bond acceptors (Lipinski definition) is 12. The number of aliphatic hydroxyl groups excluding tert-OH is 2.